The van der Waals surface area contributed by atoms with Crippen molar-refractivity contribution in [1.82, 2.24) is 9.44 Å². The number of rotatable bonds is 8. The molecule has 86 valence electrons. The zero-order valence-electron chi connectivity index (χ0n) is 8.62. The van der Waals surface area contributed by atoms with Crippen LogP contribution in [-0.4, -0.2) is 41.3 Å². The molecule has 0 heterocycles. The van der Waals surface area contributed by atoms with Crippen LogP contribution in [0.25, 0.3) is 0 Å². The Kier molecular flexibility index (Phi) is 7.02. The highest BCUT2D eigenvalue weighted by Crippen LogP contribution is 1.86. The van der Waals surface area contributed by atoms with Gasteiger partial charge in [-0.3, -0.25) is 0 Å². The second-order valence-electron chi connectivity index (χ2n) is 2.90. The molecule has 7 heteroatoms. The molecule has 0 aliphatic rings. The molecule has 0 fully saturated rings. The van der Waals surface area contributed by atoms with Gasteiger partial charge >= 0.3 is 0 Å². The summed E-state index contributed by atoms with van der Waals surface area (Å²) in [5, 5.41) is 0. The van der Waals surface area contributed by atoms with Crippen LogP contribution in [0.2, 0.25) is 0 Å². The maximum Gasteiger partial charge on any atom is 0.277 e. The van der Waals surface area contributed by atoms with Crippen molar-refractivity contribution in [2.75, 3.05) is 26.8 Å². The van der Waals surface area contributed by atoms with Crippen molar-refractivity contribution in [3.05, 3.63) is 0 Å². The van der Waals surface area contributed by atoms with Crippen molar-refractivity contribution in [3.63, 3.8) is 0 Å². The van der Waals surface area contributed by atoms with Gasteiger partial charge < -0.3 is 10.5 Å². The highest BCUT2D eigenvalue weighted by Gasteiger charge is 2.15. The number of hydrogen-bond donors (Lipinski definition) is 3. The molecule has 1 unspecified atom stereocenters. The lowest BCUT2D eigenvalue weighted by Crippen LogP contribution is -2.48. The van der Waals surface area contributed by atoms with Crippen LogP contribution in [0.1, 0.15) is 13.3 Å². The van der Waals surface area contributed by atoms with E-state index >= 15 is 0 Å². The van der Waals surface area contributed by atoms with E-state index in [4.69, 9.17) is 10.5 Å². The van der Waals surface area contributed by atoms with E-state index in [9.17, 15) is 8.42 Å². The molecule has 0 saturated heterocycles. The van der Waals surface area contributed by atoms with Crippen molar-refractivity contribution in [2.45, 2.75) is 19.4 Å². The van der Waals surface area contributed by atoms with Crippen molar-refractivity contribution in [1.29, 1.82) is 0 Å². The molecule has 0 rings (SSSR count). The molecule has 0 aromatic rings. The molecule has 1 atom stereocenters. The van der Waals surface area contributed by atoms with E-state index in [0.717, 1.165) is 6.42 Å². The van der Waals surface area contributed by atoms with Crippen LogP contribution in [-0.2, 0) is 14.9 Å². The van der Waals surface area contributed by atoms with Crippen LogP contribution < -0.4 is 15.2 Å². The van der Waals surface area contributed by atoms with Crippen molar-refractivity contribution in [2.24, 2.45) is 5.73 Å². The SMILES string of the molecule is CCCNS(=O)(=O)NC(CN)COC. The lowest BCUT2D eigenvalue weighted by molar-refractivity contribution is 0.176. The van der Waals surface area contributed by atoms with Gasteiger partial charge in [-0.2, -0.15) is 13.1 Å². The molecule has 0 aromatic carbocycles. The Balaban J connectivity index is 4.04. The second-order valence-corrected chi connectivity index (χ2v) is 4.43. The van der Waals surface area contributed by atoms with E-state index < -0.39 is 10.2 Å². The number of methoxy groups -OCH3 is 1. The normalized spacial score (nSPS) is 14.2. The Hall–Kier alpha value is -0.210. The first-order valence-electron chi connectivity index (χ1n) is 4.51. The van der Waals surface area contributed by atoms with Gasteiger partial charge in [-0.15, -0.1) is 0 Å². The zero-order valence-corrected chi connectivity index (χ0v) is 9.43. The summed E-state index contributed by atoms with van der Waals surface area (Å²) in [5.41, 5.74) is 5.36. The topological polar surface area (TPSA) is 93.5 Å². The van der Waals surface area contributed by atoms with Crippen LogP contribution >= 0.6 is 0 Å². The number of ether oxygens (including phenoxy) is 1. The summed E-state index contributed by atoms with van der Waals surface area (Å²) in [5.74, 6) is 0. The third-order valence-corrected chi connectivity index (χ3v) is 2.74. The summed E-state index contributed by atoms with van der Waals surface area (Å²) >= 11 is 0. The minimum absolute atomic E-state index is 0.209. The average molecular weight is 225 g/mol. The predicted molar refractivity (Wildman–Crippen MR) is 55.1 cm³/mol. The molecule has 0 spiro atoms. The van der Waals surface area contributed by atoms with Gasteiger partial charge in [-0.1, -0.05) is 6.92 Å². The van der Waals surface area contributed by atoms with Crippen LogP contribution in [0.15, 0.2) is 0 Å². The molecule has 4 N–H and O–H groups in total. The number of nitrogens with one attached hydrogen (secondary N) is 2. The van der Waals surface area contributed by atoms with E-state index in [1.54, 1.807) is 0 Å². The highest BCUT2D eigenvalue weighted by atomic mass is 32.2. The first kappa shape index (κ1) is 13.8. The van der Waals surface area contributed by atoms with E-state index in [1.165, 1.54) is 7.11 Å². The Morgan fingerprint density at radius 1 is 1.50 bits per heavy atom. The van der Waals surface area contributed by atoms with Crippen molar-refractivity contribution < 1.29 is 13.2 Å². The molecule has 0 radical (unpaired) electrons. The first-order valence-corrected chi connectivity index (χ1v) is 6.00. The first-order chi connectivity index (χ1) is 6.55. The van der Waals surface area contributed by atoms with Crippen LogP contribution in [0.4, 0.5) is 0 Å². The van der Waals surface area contributed by atoms with Crippen molar-refractivity contribution in [3.8, 4) is 0 Å². The summed E-state index contributed by atoms with van der Waals surface area (Å²) < 4.78 is 32.2. The van der Waals surface area contributed by atoms with Gasteiger partial charge in [0.1, 0.15) is 0 Å². The molecule has 0 aliphatic heterocycles. The van der Waals surface area contributed by atoms with E-state index in [0.29, 0.717) is 6.54 Å². The molecule has 0 amide bonds. The van der Waals surface area contributed by atoms with E-state index in [-0.39, 0.29) is 19.2 Å². The molecule has 0 aromatic heterocycles. The van der Waals surface area contributed by atoms with Crippen LogP contribution in [0, 0.1) is 0 Å². The standard InChI is InChI=1S/C7H19N3O3S/c1-3-4-9-14(11,12)10-7(5-8)6-13-2/h7,9-10H,3-6,8H2,1-2H3. The van der Waals surface area contributed by atoms with E-state index in [1.807, 2.05) is 6.92 Å². The van der Waals surface area contributed by atoms with Gasteiger partial charge in [-0.25, -0.2) is 4.72 Å². The molecule has 0 aliphatic carbocycles. The minimum Gasteiger partial charge on any atom is -0.383 e. The van der Waals surface area contributed by atoms with Gasteiger partial charge in [-0.05, 0) is 6.42 Å². The van der Waals surface area contributed by atoms with Gasteiger partial charge in [0.05, 0.1) is 12.6 Å². The summed E-state index contributed by atoms with van der Waals surface area (Å²) in [4.78, 5) is 0. The lowest BCUT2D eigenvalue weighted by atomic mass is 10.3. The minimum atomic E-state index is -3.44. The van der Waals surface area contributed by atoms with E-state index in [2.05, 4.69) is 9.44 Å². The molecular weight excluding hydrogens is 206 g/mol. The number of nitrogens with two attached hydrogens (primary N) is 1. The Bertz CT molecular complexity index is 230. The summed E-state index contributed by atoms with van der Waals surface area (Å²) in [6, 6.07) is -0.380. The van der Waals surface area contributed by atoms with Gasteiger partial charge in [0.2, 0.25) is 0 Å². The second kappa shape index (κ2) is 7.13. The van der Waals surface area contributed by atoms with Gasteiger partial charge in [0.25, 0.3) is 10.2 Å². The average Bonchev–Trinajstić information content (AvgIpc) is 2.14. The Morgan fingerprint density at radius 3 is 2.57 bits per heavy atom. The summed E-state index contributed by atoms with van der Waals surface area (Å²) in [6.07, 6.45) is 0.748. The largest absolute Gasteiger partial charge is 0.383 e. The van der Waals surface area contributed by atoms with Gasteiger partial charge in [0.15, 0.2) is 0 Å². The predicted octanol–water partition coefficient (Wildman–Crippen LogP) is -1.21. The Morgan fingerprint density at radius 2 is 2.14 bits per heavy atom. The lowest BCUT2D eigenvalue weighted by Gasteiger charge is -2.15. The fourth-order valence-electron chi connectivity index (χ4n) is 0.849. The monoisotopic (exact) mass is 225 g/mol. The summed E-state index contributed by atoms with van der Waals surface area (Å²) in [6.45, 7) is 2.78. The molecule has 0 bridgehead atoms. The fourth-order valence-corrected chi connectivity index (χ4v) is 2.01. The number of hydrogen-bond acceptors (Lipinski definition) is 4. The molecule has 0 saturated carbocycles. The van der Waals surface area contributed by atoms with Crippen LogP contribution in [0.5, 0.6) is 0 Å². The van der Waals surface area contributed by atoms with Gasteiger partial charge in [0, 0.05) is 20.2 Å². The van der Waals surface area contributed by atoms with Crippen molar-refractivity contribution >= 4 is 10.2 Å². The third kappa shape index (κ3) is 6.28. The maximum atomic E-state index is 11.3. The quantitative estimate of drug-likeness (QED) is 0.483. The molecular formula is C7H19N3O3S. The van der Waals surface area contributed by atoms with Crippen LogP contribution in [0.3, 0.4) is 0 Å². The summed E-state index contributed by atoms with van der Waals surface area (Å²) in [7, 11) is -1.94. The maximum absolute atomic E-state index is 11.3. The fraction of sp³-hybridized carbons (Fsp3) is 1.00. The zero-order chi connectivity index (χ0) is 11.0. The smallest absolute Gasteiger partial charge is 0.277 e. The molecule has 14 heavy (non-hydrogen) atoms. The molecule has 6 nitrogen and oxygen atoms in total. The Labute approximate surface area is 85.4 Å². The highest BCUT2D eigenvalue weighted by molar-refractivity contribution is 7.87. The third-order valence-electron chi connectivity index (χ3n) is 1.52.